The van der Waals surface area contributed by atoms with E-state index in [1.807, 2.05) is 0 Å². The van der Waals surface area contributed by atoms with Crippen molar-refractivity contribution in [3.63, 3.8) is 0 Å². The fourth-order valence-corrected chi connectivity index (χ4v) is 6.67. The van der Waals surface area contributed by atoms with Gasteiger partial charge in [0.1, 0.15) is 11.5 Å². The van der Waals surface area contributed by atoms with Crippen LogP contribution in [0.1, 0.15) is 24.8 Å². The molecule has 0 aliphatic carbocycles. The fraction of sp³-hybridized carbons (Fsp3) is 0.273. The minimum atomic E-state index is -4.22. The molecule has 0 bridgehead atoms. The summed E-state index contributed by atoms with van der Waals surface area (Å²) >= 11 is 0.453. The molecule has 1 fully saturated rings. The lowest BCUT2D eigenvalue weighted by molar-refractivity contribution is -0.120. The zero-order chi connectivity index (χ0) is 24.9. The van der Waals surface area contributed by atoms with Gasteiger partial charge in [0.2, 0.25) is 13.9 Å². The number of methoxy groups -OCH3 is 2. The van der Waals surface area contributed by atoms with Gasteiger partial charge in [-0.1, -0.05) is 11.8 Å². The Bertz CT molecular complexity index is 1250. The number of amides is 2. The van der Waals surface area contributed by atoms with E-state index < -0.39 is 25.1 Å². The van der Waals surface area contributed by atoms with Crippen LogP contribution in [0.5, 0.6) is 11.5 Å². The molecule has 0 saturated carbocycles. The molecule has 1 saturated heterocycles. The molecule has 1 heterocycles. The Kier molecular flexibility index (Phi) is 7.73. The number of sulfone groups is 1. The second kappa shape index (κ2) is 10.4. The van der Waals surface area contributed by atoms with Crippen LogP contribution in [0, 0.1) is 17.0 Å². The highest BCUT2D eigenvalue weighted by molar-refractivity contribution is 8.25. The van der Waals surface area contributed by atoms with Gasteiger partial charge in [0.15, 0.2) is 0 Å². The van der Waals surface area contributed by atoms with Crippen LogP contribution < -0.4 is 20.0 Å². The molecule has 2 aromatic carbocycles. The minimum Gasteiger partial charge on any atom is -0.733 e. The maximum atomic E-state index is 13.4. The van der Waals surface area contributed by atoms with Crippen molar-refractivity contribution in [2.24, 2.45) is 0 Å². The van der Waals surface area contributed by atoms with Crippen molar-refractivity contribution in [2.45, 2.75) is 28.2 Å². The van der Waals surface area contributed by atoms with Gasteiger partial charge in [0, 0.05) is 12.5 Å². The number of nitrogens with one attached hydrogen (secondary N) is 1. The second-order valence-corrected chi connectivity index (χ2v) is 10.8. The summed E-state index contributed by atoms with van der Waals surface area (Å²) in [5, 5.41) is 21.1. The Hall–Kier alpha value is -3.24. The number of ether oxygens (including phenoxy) is 2. The first-order chi connectivity index (χ1) is 16.1. The summed E-state index contributed by atoms with van der Waals surface area (Å²) in [6, 6.07) is 9.77. The lowest BCUT2D eigenvalue weighted by atomic mass is 10.1. The zero-order valence-electron chi connectivity index (χ0n) is 18.2. The zero-order valence-corrected chi connectivity index (χ0v) is 19.9. The van der Waals surface area contributed by atoms with Crippen molar-refractivity contribution >= 4 is 38.4 Å². The highest BCUT2D eigenvalue weighted by Gasteiger charge is 2.57. The van der Waals surface area contributed by atoms with Crippen molar-refractivity contribution in [3.05, 3.63) is 53.2 Å². The van der Waals surface area contributed by atoms with Crippen molar-refractivity contribution in [1.82, 2.24) is 5.32 Å². The molecular weight excluding hydrogens is 484 g/mol. The fourth-order valence-electron chi connectivity index (χ4n) is 3.30. The molecule has 0 radical (unpaired) electrons. The summed E-state index contributed by atoms with van der Waals surface area (Å²) in [6.45, 7) is 0. The molecule has 3 rings (SSSR count). The van der Waals surface area contributed by atoms with Crippen LogP contribution >= 0.6 is 11.8 Å². The van der Waals surface area contributed by atoms with Crippen LogP contribution in [0.25, 0.3) is 0 Å². The van der Waals surface area contributed by atoms with Crippen molar-refractivity contribution in [2.75, 3.05) is 19.4 Å². The van der Waals surface area contributed by atoms with Crippen molar-refractivity contribution in [3.8, 4) is 23.3 Å². The lowest BCUT2D eigenvalue weighted by Crippen LogP contribution is -2.43. The first kappa shape index (κ1) is 25.4. The van der Waals surface area contributed by atoms with Gasteiger partial charge in [0.05, 0.1) is 30.4 Å². The van der Waals surface area contributed by atoms with E-state index in [0.29, 0.717) is 23.1 Å². The highest BCUT2D eigenvalue weighted by Crippen LogP contribution is 2.44. The van der Waals surface area contributed by atoms with Crippen LogP contribution in [-0.4, -0.2) is 43.1 Å². The predicted octanol–water partition coefficient (Wildman–Crippen LogP) is 3.07. The molecule has 1 aliphatic rings. The van der Waals surface area contributed by atoms with Gasteiger partial charge in [-0.3, -0.25) is 20.1 Å². The number of benzene rings is 2. The van der Waals surface area contributed by atoms with Crippen LogP contribution in [0.3, 0.4) is 0 Å². The number of hydrogen-bond acceptors (Lipinski definition) is 10. The molecule has 2 amide bonds. The monoisotopic (exact) mass is 505 g/mol. The summed E-state index contributed by atoms with van der Waals surface area (Å²) in [6.07, 6.45) is 0.298. The Morgan fingerprint density at radius 1 is 1.15 bits per heavy atom. The molecule has 1 unspecified atom stereocenters. The first-order valence-corrected chi connectivity index (χ1v) is 12.2. The molecule has 2 N–H and O–H groups in total. The molecule has 1 aliphatic heterocycles. The van der Waals surface area contributed by atoms with Gasteiger partial charge < -0.3 is 19.9 Å². The Morgan fingerprint density at radius 2 is 1.85 bits per heavy atom. The van der Waals surface area contributed by atoms with E-state index in [9.17, 15) is 23.2 Å². The molecule has 10 nitrogen and oxygen atoms in total. The van der Waals surface area contributed by atoms with Crippen LogP contribution in [-0.2, 0) is 14.6 Å². The van der Waals surface area contributed by atoms with Gasteiger partial charge in [-0.15, -0.1) is 0 Å². The normalized spacial score (nSPS) is 17.5. The van der Waals surface area contributed by atoms with Crippen LogP contribution in [0.4, 0.5) is 10.5 Å². The Balaban J connectivity index is 1.79. The quantitative estimate of drug-likeness (QED) is 0.312. The van der Waals surface area contributed by atoms with E-state index in [4.69, 9.17) is 14.7 Å². The van der Waals surface area contributed by atoms with Gasteiger partial charge in [-0.25, -0.2) is 8.42 Å². The van der Waals surface area contributed by atoms with Crippen molar-refractivity contribution in [1.29, 1.82) is 0 Å². The van der Waals surface area contributed by atoms with Crippen LogP contribution in [0.2, 0.25) is 0 Å². The Morgan fingerprint density at radius 3 is 2.41 bits per heavy atom. The molecule has 12 heteroatoms. The average Bonchev–Trinajstić information content (AvgIpc) is 3.12. The number of carbonyl (C=O) groups excluding carboxylic acids is 2. The van der Waals surface area contributed by atoms with Gasteiger partial charge in [0.25, 0.3) is 11.1 Å². The number of nitrogens with zero attached hydrogens (tertiary/aromatic N) is 1. The second-order valence-electron chi connectivity index (χ2n) is 7.09. The Labute approximate surface area is 200 Å². The topological polar surface area (TPSA) is 145 Å². The number of thioether (sulfide) groups is 1. The summed E-state index contributed by atoms with van der Waals surface area (Å²) < 4.78 is 35.0. The van der Waals surface area contributed by atoms with E-state index >= 15 is 0 Å². The van der Waals surface area contributed by atoms with Crippen LogP contribution in [0.15, 0.2) is 47.4 Å². The summed E-state index contributed by atoms with van der Waals surface area (Å²) in [4.78, 5) is 24.5. The van der Waals surface area contributed by atoms with E-state index in [2.05, 4.69) is 17.2 Å². The number of unbranched alkanes of at least 4 members (excludes halogenated alkanes) is 1. The largest absolute Gasteiger partial charge is 0.733 e. The minimum absolute atomic E-state index is 0.0259. The van der Waals surface area contributed by atoms with Gasteiger partial charge >= 0.3 is 0 Å². The third-order valence-corrected chi connectivity index (χ3v) is 9.13. The summed E-state index contributed by atoms with van der Waals surface area (Å²) in [5.41, 5.74) is 0.429. The SMILES string of the molecule is COc1ccc(S(=O)(=O)C2(CCCC#Cc3ccc(N([O-])O)cc3OC)SC(=O)NC2=O)cc1. The number of anilines is 1. The molecule has 1 atom stereocenters. The number of rotatable bonds is 8. The summed E-state index contributed by atoms with van der Waals surface area (Å²) in [5.74, 6) is 5.58. The maximum Gasteiger partial charge on any atom is 0.287 e. The molecular formula is C22H21N2O8S2-. The van der Waals surface area contributed by atoms with Gasteiger partial charge in [-0.05, 0) is 61.0 Å². The van der Waals surface area contributed by atoms with E-state index in [1.165, 1.54) is 56.7 Å². The van der Waals surface area contributed by atoms with Crippen molar-refractivity contribution < 1.29 is 32.7 Å². The number of carbonyl (C=O) groups is 2. The molecule has 2 aromatic rings. The maximum absolute atomic E-state index is 13.4. The lowest BCUT2D eigenvalue weighted by Gasteiger charge is -2.24. The first-order valence-electron chi connectivity index (χ1n) is 9.91. The standard InChI is InChI=1S/C22H21N2O8S2/c1-31-17-9-11-18(12-10-17)34(29,30)22(20(25)23-21(26)33-22)13-5-3-4-6-15-7-8-16(24(27)28)14-19(15)32-2/h7-12,14,27H,3,5,13H2,1-2H3,(H,23,25,26)/q-1. The predicted molar refractivity (Wildman–Crippen MR) is 125 cm³/mol. The average molecular weight is 506 g/mol. The smallest absolute Gasteiger partial charge is 0.287 e. The summed E-state index contributed by atoms with van der Waals surface area (Å²) in [7, 11) is -1.39. The van der Waals surface area contributed by atoms with E-state index in [0.717, 1.165) is 0 Å². The number of imide groups is 1. The highest BCUT2D eigenvalue weighted by atomic mass is 32.3. The molecule has 180 valence electrons. The number of hydrogen-bond donors (Lipinski definition) is 2. The third kappa shape index (κ3) is 4.97. The molecule has 34 heavy (non-hydrogen) atoms. The van der Waals surface area contributed by atoms with E-state index in [-0.39, 0.29) is 40.8 Å². The van der Waals surface area contributed by atoms with E-state index in [1.54, 1.807) is 0 Å². The van der Waals surface area contributed by atoms with Gasteiger partial charge in [-0.2, -0.15) is 0 Å². The molecule has 0 spiro atoms. The molecule has 0 aromatic heterocycles. The third-order valence-electron chi connectivity index (χ3n) is 5.06.